The molecule has 0 radical (unpaired) electrons. The van der Waals surface area contributed by atoms with Gasteiger partial charge in [0.05, 0.1) is 25.4 Å². The van der Waals surface area contributed by atoms with Gasteiger partial charge in [0.1, 0.15) is 0 Å². The molecule has 0 aliphatic rings. The zero-order valence-electron chi connectivity index (χ0n) is 52.7. The molecule has 460 valence electrons. The number of aliphatic hydroxyl groups is 2. The van der Waals surface area contributed by atoms with Gasteiger partial charge in [-0.15, -0.1) is 0 Å². The summed E-state index contributed by atoms with van der Waals surface area (Å²) in [5.41, 5.74) is 0. The number of hydrogen-bond donors (Lipinski definition) is 3. The summed E-state index contributed by atoms with van der Waals surface area (Å²) in [5, 5.41) is 23.4. The van der Waals surface area contributed by atoms with Crippen molar-refractivity contribution in [1.82, 2.24) is 5.32 Å². The molecule has 2 atom stereocenters. The van der Waals surface area contributed by atoms with Crippen molar-refractivity contribution >= 4 is 11.9 Å². The van der Waals surface area contributed by atoms with E-state index >= 15 is 0 Å². The highest BCUT2D eigenvalue weighted by Crippen LogP contribution is 2.19. The Bertz CT molecular complexity index is 1260. The van der Waals surface area contributed by atoms with E-state index in [-0.39, 0.29) is 18.5 Å². The van der Waals surface area contributed by atoms with Crippen molar-refractivity contribution < 1.29 is 24.5 Å². The lowest BCUT2D eigenvalue weighted by Crippen LogP contribution is -2.45. The summed E-state index contributed by atoms with van der Waals surface area (Å²) in [6.45, 7) is 4.94. The summed E-state index contributed by atoms with van der Waals surface area (Å²) < 4.78 is 5.48. The number of aliphatic hydroxyl groups excluding tert-OH is 2. The molecule has 6 nitrogen and oxygen atoms in total. The van der Waals surface area contributed by atoms with Gasteiger partial charge in [0.25, 0.3) is 0 Å². The predicted molar refractivity (Wildman–Crippen MR) is 343 cm³/mol. The van der Waals surface area contributed by atoms with Crippen LogP contribution in [0, 0.1) is 0 Å². The van der Waals surface area contributed by atoms with Crippen molar-refractivity contribution in [1.29, 1.82) is 0 Å². The number of nitrogens with one attached hydrogen (secondary N) is 1. The van der Waals surface area contributed by atoms with E-state index in [4.69, 9.17) is 4.74 Å². The fourth-order valence-corrected chi connectivity index (χ4v) is 11.0. The van der Waals surface area contributed by atoms with Crippen molar-refractivity contribution in [3.05, 3.63) is 36.5 Å². The zero-order chi connectivity index (χ0) is 56.4. The molecule has 0 saturated carbocycles. The minimum atomic E-state index is -0.677. The normalized spacial score (nSPS) is 12.7. The molecular weight excluding hydrogens is 959 g/mol. The zero-order valence-corrected chi connectivity index (χ0v) is 52.7. The van der Waals surface area contributed by atoms with Crippen molar-refractivity contribution in [3.63, 3.8) is 0 Å². The van der Waals surface area contributed by atoms with Gasteiger partial charge in [-0.05, 0) is 89.9 Å². The summed E-state index contributed by atoms with van der Waals surface area (Å²) >= 11 is 0. The first-order valence-electron chi connectivity index (χ1n) is 35.2. The molecule has 0 aromatic heterocycles. The van der Waals surface area contributed by atoms with E-state index in [1.54, 1.807) is 0 Å². The fraction of sp³-hybridized carbons (Fsp3) is 0.889. The van der Waals surface area contributed by atoms with Crippen LogP contribution in [0.2, 0.25) is 0 Å². The number of hydrogen-bond acceptors (Lipinski definition) is 5. The summed E-state index contributed by atoms with van der Waals surface area (Å²) in [4.78, 5) is 24.7. The minimum absolute atomic E-state index is 0.0149. The van der Waals surface area contributed by atoms with Gasteiger partial charge in [-0.1, -0.05) is 320 Å². The van der Waals surface area contributed by atoms with Crippen LogP contribution in [0.1, 0.15) is 386 Å². The highest BCUT2D eigenvalue weighted by atomic mass is 16.5. The van der Waals surface area contributed by atoms with E-state index in [0.717, 1.165) is 83.5 Å². The van der Waals surface area contributed by atoms with Gasteiger partial charge in [0.15, 0.2) is 0 Å². The molecule has 0 saturated heterocycles. The van der Waals surface area contributed by atoms with Gasteiger partial charge < -0.3 is 20.3 Å². The van der Waals surface area contributed by atoms with Crippen LogP contribution in [-0.2, 0) is 14.3 Å². The molecule has 6 heteroatoms. The molecule has 0 bridgehead atoms. The first kappa shape index (κ1) is 76.1. The molecule has 3 N–H and O–H groups in total. The lowest BCUT2D eigenvalue weighted by Gasteiger charge is -2.22. The summed E-state index contributed by atoms with van der Waals surface area (Å²) in [6, 6.07) is -0.556. The lowest BCUT2D eigenvalue weighted by molar-refractivity contribution is -0.143. The van der Waals surface area contributed by atoms with Crippen LogP contribution in [0.25, 0.3) is 0 Å². The van der Waals surface area contributed by atoms with Crippen molar-refractivity contribution in [3.8, 4) is 0 Å². The smallest absolute Gasteiger partial charge is 0.305 e. The van der Waals surface area contributed by atoms with Crippen LogP contribution in [0.15, 0.2) is 36.5 Å². The molecule has 0 fully saturated rings. The molecule has 0 heterocycles. The lowest BCUT2D eigenvalue weighted by atomic mass is 10.0. The Morgan fingerprint density at radius 3 is 0.987 bits per heavy atom. The average molecular weight is 1100 g/mol. The molecule has 2 unspecified atom stereocenters. The quantitative estimate of drug-likeness (QED) is 0.0320. The topological polar surface area (TPSA) is 95.9 Å². The van der Waals surface area contributed by atoms with E-state index in [9.17, 15) is 19.8 Å². The standard InChI is InChI=1S/C72H137NO5/c1-3-5-7-9-11-13-15-17-19-21-23-24-25-26-27-28-30-32-36-40-44-48-52-56-60-64-70(75)69(68-74)73-71(76)65-61-57-53-49-45-41-37-33-31-35-39-43-47-51-55-59-63-67-78-72(77)66-62-58-54-50-46-42-38-34-29-22-20-18-16-14-12-10-8-6-4-2/h18,20,31,35,43,47,69-70,74-75H,3-17,19,21-30,32-34,36-42,44-46,48-68H2,1-2H3,(H,73,76)/b20-18-,35-31-,47-43-. The predicted octanol–water partition coefficient (Wildman–Crippen LogP) is 22.7. The summed E-state index contributed by atoms with van der Waals surface area (Å²) in [6.07, 6.45) is 86.1. The third-order valence-corrected chi connectivity index (χ3v) is 16.4. The number of carbonyl (C=O) groups excluding carboxylic acids is 2. The number of amides is 1. The average Bonchev–Trinajstić information content (AvgIpc) is 3.44. The number of allylic oxidation sites excluding steroid dienone is 6. The molecule has 78 heavy (non-hydrogen) atoms. The highest BCUT2D eigenvalue weighted by molar-refractivity contribution is 5.76. The molecule has 1 amide bonds. The van der Waals surface area contributed by atoms with E-state index in [1.165, 1.54) is 270 Å². The van der Waals surface area contributed by atoms with Crippen LogP contribution >= 0.6 is 0 Å². The molecule has 0 aliphatic carbocycles. The number of rotatable bonds is 66. The second-order valence-corrected chi connectivity index (χ2v) is 24.2. The van der Waals surface area contributed by atoms with E-state index in [1.807, 2.05) is 0 Å². The van der Waals surface area contributed by atoms with E-state index in [2.05, 4.69) is 55.6 Å². The molecule has 0 aromatic carbocycles. The monoisotopic (exact) mass is 1100 g/mol. The molecule has 0 spiro atoms. The van der Waals surface area contributed by atoms with Crippen LogP contribution in [-0.4, -0.2) is 47.4 Å². The number of esters is 1. The van der Waals surface area contributed by atoms with Crippen LogP contribution in [0.4, 0.5) is 0 Å². The van der Waals surface area contributed by atoms with Crippen LogP contribution in [0.3, 0.4) is 0 Å². The molecule has 0 rings (SSSR count). The third-order valence-electron chi connectivity index (χ3n) is 16.4. The molecule has 0 aliphatic heterocycles. The molecule has 0 aromatic rings. The first-order chi connectivity index (χ1) is 38.5. The van der Waals surface area contributed by atoms with Gasteiger partial charge in [-0.3, -0.25) is 9.59 Å². The summed E-state index contributed by atoms with van der Waals surface area (Å²) in [7, 11) is 0. The van der Waals surface area contributed by atoms with E-state index < -0.39 is 12.1 Å². The van der Waals surface area contributed by atoms with E-state index in [0.29, 0.717) is 25.9 Å². The third kappa shape index (κ3) is 63.3. The minimum Gasteiger partial charge on any atom is -0.466 e. The fourth-order valence-electron chi connectivity index (χ4n) is 11.0. The van der Waals surface area contributed by atoms with Crippen molar-refractivity contribution in [2.24, 2.45) is 0 Å². The van der Waals surface area contributed by atoms with Crippen LogP contribution < -0.4 is 5.32 Å². The number of ether oxygens (including phenoxy) is 1. The Labute approximate surface area is 487 Å². The Morgan fingerprint density at radius 2 is 0.641 bits per heavy atom. The van der Waals surface area contributed by atoms with Gasteiger partial charge in [0, 0.05) is 12.8 Å². The first-order valence-corrected chi connectivity index (χ1v) is 35.2. The SMILES string of the molecule is CCCCCCCC/C=C\CCCCCCCCCCCC(=O)OCCCCC/C=C\C/C=C\CCCCCCCCCC(=O)NC(CO)C(O)CCCCCCCCCCCCCCCCCCCCCCCCCCC. The Balaban J connectivity index is 3.46. The van der Waals surface area contributed by atoms with Gasteiger partial charge >= 0.3 is 5.97 Å². The maximum absolute atomic E-state index is 12.5. The largest absolute Gasteiger partial charge is 0.466 e. The van der Waals surface area contributed by atoms with Gasteiger partial charge in [0.2, 0.25) is 5.91 Å². The highest BCUT2D eigenvalue weighted by Gasteiger charge is 2.20. The molecular formula is C72H137NO5. The van der Waals surface area contributed by atoms with Crippen molar-refractivity contribution in [2.45, 2.75) is 398 Å². The second kappa shape index (κ2) is 67.6. The van der Waals surface area contributed by atoms with Gasteiger partial charge in [-0.2, -0.15) is 0 Å². The second-order valence-electron chi connectivity index (χ2n) is 24.2. The van der Waals surface area contributed by atoms with Gasteiger partial charge in [-0.25, -0.2) is 0 Å². The Hall–Kier alpha value is -1.92. The maximum Gasteiger partial charge on any atom is 0.305 e. The van der Waals surface area contributed by atoms with Crippen molar-refractivity contribution in [2.75, 3.05) is 13.2 Å². The maximum atomic E-state index is 12.5. The Kier molecular flexibility index (Phi) is 65.9. The van der Waals surface area contributed by atoms with Crippen LogP contribution in [0.5, 0.6) is 0 Å². The Morgan fingerprint density at radius 1 is 0.359 bits per heavy atom. The number of unbranched alkanes of at least 4 members (excludes halogenated alkanes) is 49. The number of carbonyl (C=O) groups is 2. The summed E-state index contributed by atoms with van der Waals surface area (Å²) in [5.74, 6) is -0.0620.